The first-order valence-electron chi connectivity index (χ1n) is 12.5. The molecule has 2 aromatic rings. The number of amides is 2. The highest BCUT2D eigenvalue weighted by atomic mass is 19.1. The highest BCUT2D eigenvalue weighted by Gasteiger charge is 2.33. The van der Waals surface area contributed by atoms with Gasteiger partial charge in [-0.3, -0.25) is 9.59 Å². The van der Waals surface area contributed by atoms with Gasteiger partial charge in [0.15, 0.2) is 6.10 Å². The van der Waals surface area contributed by atoms with Crippen molar-refractivity contribution in [2.45, 2.75) is 65.0 Å². The van der Waals surface area contributed by atoms with Crippen LogP contribution in [0, 0.1) is 11.7 Å². The van der Waals surface area contributed by atoms with E-state index >= 15 is 0 Å². The molecule has 2 atom stereocenters. The quantitative estimate of drug-likeness (QED) is 0.569. The van der Waals surface area contributed by atoms with Gasteiger partial charge in [-0.2, -0.15) is 0 Å². The molecule has 0 radical (unpaired) electrons. The minimum atomic E-state index is -0.536. The molecular formula is C28H35FN2O3. The number of fused-ring (bicyclic) bond motifs is 1. The number of hydrogen-bond donors (Lipinski definition) is 0. The number of benzene rings is 2. The van der Waals surface area contributed by atoms with E-state index in [1.54, 1.807) is 6.07 Å². The molecular weight excluding hydrogens is 431 g/mol. The van der Waals surface area contributed by atoms with Crippen LogP contribution >= 0.6 is 0 Å². The van der Waals surface area contributed by atoms with Crippen LogP contribution in [0.1, 0.15) is 69.2 Å². The number of carbonyl (C=O) groups excluding carboxylic acids is 2. The molecule has 0 saturated carbocycles. The van der Waals surface area contributed by atoms with Crippen molar-refractivity contribution in [2.24, 2.45) is 5.92 Å². The number of likely N-dealkylation sites (tertiary alicyclic amines) is 1. The van der Waals surface area contributed by atoms with Gasteiger partial charge >= 0.3 is 0 Å². The minimum absolute atomic E-state index is 0.0353. The summed E-state index contributed by atoms with van der Waals surface area (Å²) >= 11 is 0. The van der Waals surface area contributed by atoms with Gasteiger partial charge in [-0.15, -0.1) is 0 Å². The summed E-state index contributed by atoms with van der Waals surface area (Å²) in [4.78, 5) is 29.9. The zero-order valence-corrected chi connectivity index (χ0v) is 20.4. The topological polar surface area (TPSA) is 49.9 Å². The van der Waals surface area contributed by atoms with E-state index in [4.69, 9.17) is 4.74 Å². The number of carbonyl (C=O) groups is 2. The highest BCUT2D eigenvalue weighted by Crippen LogP contribution is 2.38. The molecule has 2 aromatic carbocycles. The summed E-state index contributed by atoms with van der Waals surface area (Å²) in [5.41, 5.74) is 2.81. The van der Waals surface area contributed by atoms with Crippen molar-refractivity contribution in [2.75, 3.05) is 19.6 Å². The highest BCUT2D eigenvalue weighted by molar-refractivity contribution is 5.81. The summed E-state index contributed by atoms with van der Waals surface area (Å²) in [5, 5.41) is 0. The van der Waals surface area contributed by atoms with E-state index in [0.717, 1.165) is 49.0 Å². The third-order valence-corrected chi connectivity index (χ3v) is 6.76. The van der Waals surface area contributed by atoms with Gasteiger partial charge in [0.1, 0.15) is 11.6 Å². The predicted octanol–water partition coefficient (Wildman–Crippen LogP) is 5.13. The lowest BCUT2D eigenvalue weighted by molar-refractivity contribution is -0.137. The standard InChI is InChI=1S/C28H35FN2O3/c1-4-25(28(33)30-13-5-6-14-30)34-23-11-10-20-12-15-31(26(32)16-19(2)3)27(24(20)18-23)21-8-7-9-22(29)17-21/h7-11,17-19,25,27H,4-6,12-16H2,1-3H3. The Balaban J connectivity index is 1.67. The SMILES string of the molecule is CCC(Oc1ccc2c(c1)C(c1cccc(F)c1)N(C(=O)CC(C)C)CC2)C(=O)N1CCCC1. The van der Waals surface area contributed by atoms with Crippen molar-refractivity contribution in [1.82, 2.24) is 9.80 Å². The van der Waals surface area contributed by atoms with E-state index in [1.165, 1.54) is 12.1 Å². The maximum absolute atomic E-state index is 14.2. The Hall–Kier alpha value is -2.89. The van der Waals surface area contributed by atoms with Crippen LogP contribution in [0.15, 0.2) is 42.5 Å². The number of hydrogen-bond acceptors (Lipinski definition) is 3. The smallest absolute Gasteiger partial charge is 0.263 e. The molecule has 0 bridgehead atoms. The molecule has 182 valence electrons. The second kappa shape index (κ2) is 10.6. The van der Waals surface area contributed by atoms with E-state index in [9.17, 15) is 14.0 Å². The van der Waals surface area contributed by atoms with E-state index in [-0.39, 0.29) is 29.6 Å². The van der Waals surface area contributed by atoms with Gasteiger partial charge in [0.2, 0.25) is 5.91 Å². The third-order valence-electron chi connectivity index (χ3n) is 6.76. The summed E-state index contributed by atoms with van der Waals surface area (Å²) in [6.45, 7) is 8.18. The van der Waals surface area contributed by atoms with Crippen LogP contribution in [-0.4, -0.2) is 47.4 Å². The Kier molecular flexibility index (Phi) is 7.54. The molecule has 34 heavy (non-hydrogen) atoms. The molecule has 2 amide bonds. The Morgan fingerprint density at radius 2 is 1.85 bits per heavy atom. The lowest BCUT2D eigenvalue weighted by Crippen LogP contribution is -2.41. The number of nitrogens with zero attached hydrogens (tertiary/aromatic N) is 2. The Morgan fingerprint density at radius 3 is 2.53 bits per heavy atom. The van der Waals surface area contributed by atoms with Crippen LogP contribution < -0.4 is 4.74 Å². The van der Waals surface area contributed by atoms with Crippen LogP contribution in [0.2, 0.25) is 0 Å². The minimum Gasteiger partial charge on any atom is -0.481 e. The first-order chi connectivity index (χ1) is 16.4. The largest absolute Gasteiger partial charge is 0.481 e. The molecule has 2 heterocycles. The molecule has 0 aliphatic carbocycles. The van der Waals surface area contributed by atoms with Crippen molar-refractivity contribution in [1.29, 1.82) is 0 Å². The Morgan fingerprint density at radius 1 is 1.09 bits per heavy atom. The zero-order valence-electron chi connectivity index (χ0n) is 20.4. The first-order valence-corrected chi connectivity index (χ1v) is 12.5. The molecule has 2 aliphatic rings. The van der Waals surface area contributed by atoms with Gasteiger partial charge in [0.25, 0.3) is 5.91 Å². The molecule has 0 spiro atoms. The summed E-state index contributed by atoms with van der Waals surface area (Å²) < 4.78 is 20.4. The molecule has 0 aromatic heterocycles. The first kappa shape index (κ1) is 24.2. The zero-order chi connectivity index (χ0) is 24.2. The Labute approximate surface area is 201 Å². The predicted molar refractivity (Wildman–Crippen MR) is 130 cm³/mol. The average Bonchev–Trinajstić information content (AvgIpc) is 3.36. The van der Waals surface area contributed by atoms with Gasteiger partial charge in [-0.05, 0) is 72.6 Å². The summed E-state index contributed by atoms with van der Waals surface area (Å²) in [6, 6.07) is 12.0. The van der Waals surface area contributed by atoms with Gasteiger partial charge < -0.3 is 14.5 Å². The summed E-state index contributed by atoms with van der Waals surface area (Å²) in [5.74, 6) is 0.622. The monoisotopic (exact) mass is 466 g/mol. The number of rotatable bonds is 7. The molecule has 2 aliphatic heterocycles. The van der Waals surface area contributed by atoms with E-state index in [0.29, 0.717) is 25.1 Å². The van der Waals surface area contributed by atoms with Gasteiger partial charge in [0.05, 0.1) is 6.04 Å². The van der Waals surface area contributed by atoms with Crippen LogP contribution in [0.3, 0.4) is 0 Å². The number of halogens is 1. The van der Waals surface area contributed by atoms with Crippen molar-refractivity contribution in [3.05, 3.63) is 65.0 Å². The van der Waals surface area contributed by atoms with Crippen molar-refractivity contribution in [3.63, 3.8) is 0 Å². The fourth-order valence-electron chi connectivity index (χ4n) is 5.05. The van der Waals surface area contributed by atoms with Crippen LogP contribution in [0.25, 0.3) is 0 Å². The van der Waals surface area contributed by atoms with Crippen LogP contribution in [0.5, 0.6) is 5.75 Å². The second-order valence-electron chi connectivity index (χ2n) is 9.80. The second-order valence-corrected chi connectivity index (χ2v) is 9.80. The maximum atomic E-state index is 14.2. The lowest BCUT2D eigenvalue weighted by atomic mass is 9.87. The van der Waals surface area contributed by atoms with E-state index in [2.05, 4.69) is 0 Å². The summed E-state index contributed by atoms with van der Waals surface area (Å²) in [6.07, 6.45) is 3.30. The Bertz CT molecular complexity index is 1030. The van der Waals surface area contributed by atoms with Crippen LogP contribution in [0.4, 0.5) is 4.39 Å². The molecule has 6 heteroatoms. The normalized spacial score (nSPS) is 18.7. The molecule has 2 unspecified atom stereocenters. The van der Waals surface area contributed by atoms with Gasteiger partial charge in [-0.25, -0.2) is 4.39 Å². The number of ether oxygens (including phenoxy) is 1. The van der Waals surface area contributed by atoms with Crippen molar-refractivity contribution >= 4 is 11.8 Å². The fraction of sp³-hybridized carbons (Fsp3) is 0.500. The molecule has 5 nitrogen and oxygen atoms in total. The van der Waals surface area contributed by atoms with E-state index in [1.807, 2.05) is 54.8 Å². The maximum Gasteiger partial charge on any atom is 0.263 e. The summed E-state index contributed by atoms with van der Waals surface area (Å²) in [7, 11) is 0. The average molecular weight is 467 g/mol. The molecule has 0 N–H and O–H groups in total. The fourth-order valence-corrected chi connectivity index (χ4v) is 5.05. The van der Waals surface area contributed by atoms with Crippen molar-refractivity contribution < 1.29 is 18.7 Å². The lowest BCUT2D eigenvalue weighted by Gasteiger charge is -2.38. The van der Waals surface area contributed by atoms with Gasteiger partial charge in [-0.1, -0.05) is 39.0 Å². The molecule has 1 saturated heterocycles. The third kappa shape index (κ3) is 5.26. The molecule has 4 rings (SSSR count). The molecule has 1 fully saturated rings. The van der Waals surface area contributed by atoms with Gasteiger partial charge in [0, 0.05) is 26.1 Å². The van der Waals surface area contributed by atoms with E-state index < -0.39 is 6.10 Å². The van der Waals surface area contributed by atoms with Crippen molar-refractivity contribution in [3.8, 4) is 5.75 Å². The van der Waals surface area contributed by atoms with Crippen LogP contribution in [-0.2, 0) is 16.0 Å².